The first-order valence-corrected chi connectivity index (χ1v) is 14.0. The van der Waals surface area contributed by atoms with Gasteiger partial charge in [-0.05, 0) is 76.3 Å². The zero-order valence-electron chi connectivity index (χ0n) is 20.8. The number of aromatic nitrogens is 1. The lowest BCUT2D eigenvalue weighted by atomic mass is 10.2. The van der Waals surface area contributed by atoms with Crippen molar-refractivity contribution < 1.29 is 17.9 Å². The third kappa shape index (κ3) is 6.62. The molecular weight excluding hydrogens is 520 g/mol. The molecule has 8 nitrogen and oxygen atoms in total. The highest BCUT2D eigenvalue weighted by molar-refractivity contribution is 7.89. The molecule has 0 bridgehead atoms. The fourth-order valence-electron chi connectivity index (χ4n) is 4.08. The van der Waals surface area contributed by atoms with Gasteiger partial charge < -0.3 is 9.64 Å². The molecule has 2 aromatic carbocycles. The minimum absolute atomic E-state index is 0. The molecule has 1 atom stereocenters. The lowest BCUT2D eigenvalue weighted by molar-refractivity contribution is 0.0978. The maximum absolute atomic E-state index is 13.5. The zero-order valence-corrected chi connectivity index (χ0v) is 23.2. The highest BCUT2D eigenvalue weighted by Crippen LogP contribution is 2.30. The van der Waals surface area contributed by atoms with Crippen LogP contribution in [0.3, 0.4) is 0 Å². The number of carbonyl (C=O) groups excluding carboxylic acids is 1. The first kappa shape index (κ1) is 28.5. The number of amides is 1. The quantitative estimate of drug-likeness (QED) is 0.376. The Hall–Kier alpha value is -2.08. The highest BCUT2D eigenvalue weighted by atomic mass is 35.5. The van der Waals surface area contributed by atoms with E-state index < -0.39 is 10.0 Å². The minimum atomic E-state index is -3.67. The summed E-state index contributed by atoms with van der Waals surface area (Å²) in [6, 6.07) is 14.0. The third-order valence-corrected chi connectivity index (χ3v) is 8.94. The van der Waals surface area contributed by atoms with E-state index in [0.29, 0.717) is 30.4 Å². The molecule has 11 heteroatoms. The average Bonchev–Trinajstić information content (AvgIpc) is 3.51. The van der Waals surface area contributed by atoms with E-state index in [0.717, 1.165) is 36.0 Å². The van der Waals surface area contributed by atoms with Crippen molar-refractivity contribution in [1.82, 2.24) is 14.2 Å². The zero-order chi connectivity index (χ0) is 25.0. The molecule has 1 unspecified atom stereocenters. The molecular formula is C25H33ClN4O4S2. The van der Waals surface area contributed by atoms with E-state index in [2.05, 4.69) is 9.88 Å². The molecule has 4 rings (SSSR count). The van der Waals surface area contributed by atoms with Crippen molar-refractivity contribution in [2.24, 2.45) is 0 Å². The van der Waals surface area contributed by atoms with Crippen LogP contribution in [0.2, 0.25) is 0 Å². The van der Waals surface area contributed by atoms with Crippen molar-refractivity contribution in [3.63, 3.8) is 0 Å². The van der Waals surface area contributed by atoms with Crippen molar-refractivity contribution in [3.8, 4) is 0 Å². The first-order chi connectivity index (χ1) is 16.8. The summed E-state index contributed by atoms with van der Waals surface area (Å²) in [5, 5.41) is 0.642. The second-order valence-electron chi connectivity index (χ2n) is 9.02. The summed E-state index contributed by atoms with van der Waals surface area (Å²) in [4.78, 5) is 22.1. The fourth-order valence-corrected chi connectivity index (χ4v) is 6.28. The summed E-state index contributed by atoms with van der Waals surface area (Å²) in [6.07, 6.45) is 2.53. The Morgan fingerprint density at radius 1 is 1.08 bits per heavy atom. The van der Waals surface area contributed by atoms with E-state index in [1.807, 2.05) is 38.4 Å². The van der Waals surface area contributed by atoms with Crippen LogP contribution in [0.15, 0.2) is 53.4 Å². The number of fused-ring (bicyclic) bond motifs is 1. The van der Waals surface area contributed by atoms with Crippen molar-refractivity contribution in [2.45, 2.75) is 30.3 Å². The van der Waals surface area contributed by atoms with Crippen molar-refractivity contribution in [2.75, 3.05) is 52.3 Å². The number of nitrogens with zero attached hydrogens (tertiary/aromatic N) is 4. The van der Waals surface area contributed by atoms with Crippen LogP contribution in [0, 0.1) is 0 Å². The standard InChI is InChI=1S/C25H32N4O4S2.ClH/c1-27(2)15-7-16-29(25-26-22-9-4-5-10-23(22)34-25)24(30)19-11-13-21(14-12-19)35(31,32)28(3)18-20-8-6-17-33-20;/h4-5,9-14,20H,6-8,15-18H2,1-3H3;1H. The number of rotatable bonds is 10. The molecule has 2 heterocycles. The molecule has 1 saturated heterocycles. The predicted octanol–water partition coefficient (Wildman–Crippen LogP) is 4.12. The summed E-state index contributed by atoms with van der Waals surface area (Å²) >= 11 is 1.48. The van der Waals surface area contributed by atoms with Crippen LogP contribution < -0.4 is 4.90 Å². The van der Waals surface area contributed by atoms with Crippen LogP contribution in [0.4, 0.5) is 5.13 Å². The molecule has 1 fully saturated rings. The van der Waals surface area contributed by atoms with Crippen LogP contribution in [0.25, 0.3) is 10.2 Å². The van der Waals surface area contributed by atoms with E-state index in [1.165, 1.54) is 27.8 Å². The summed E-state index contributed by atoms with van der Waals surface area (Å²) in [5.74, 6) is -0.195. The number of carbonyl (C=O) groups is 1. The van der Waals surface area contributed by atoms with Gasteiger partial charge >= 0.3 is 0 Å². The van der Waals surface area contributed by atoms with E-state index in [4.69, 9.17) is 4.74 Å². The number of likely N-dealkylation sites (N-methyl/N-ethyl adjacent to an activating group) is 1. The Balaban J connectivity index is 0.00000361. The predicted molar refractivity (Wildman–Crippen MR) is 147 cm³/mol. The van der Waals surface area contributed by atoms with Crippen LogP contribution >= 0.6 is 23.7 Å². The molecule has 0 aliphatic carbocycles. The number of para-hydroxylation sites is 1. The molecule has 1 aliphatic rings. The molecule has 3 aromatic rings. The van der Waals surface area contributed by atoms with E-state index in [1.54, 1.807) is 24.1 Å². The third-order valence-electron chi connectivity index (χ3n) is 6.04. The number of ether oxygens (including phenoxy) is 1. The Morgan fingerprint density at radius 3 is 2.44 bits per heavy atom. The van der Waals surface area contributed by atoms with Crippen LogP contribution in [-0.2, 0) is 14.8 Å². The van der Waals surface area contributed by atoms with E-state index in [-0.39, 0.29) is 29.3 Å². The van der Waals surface area contributed by atoms with Gasteiger partial charge in [-0.2, -0.15) is 4.31 Å². The van der Waals surface area contributed by atoms with E-state index >= 15 is 0 Å². The maximum Gasteiger partial charge on any atom is 0.260 e. The van der Waals surface area contributed by atoms with Gasteiger partial charge in [-0.3, -0.25) is 9.69 Å². The lowest BCUT2D eigenvalue weighted by Crippen LogP contribution is -2.34. The molecule has 1 amide bonds. The van der Waals surface area contributed by atoms with Gasteiger partial charge in [0, 0.05) is 32.3 Å². The van der Waals surface area contributed by atoms with Crippen LogP contribution in [0.1, 0.15) is 29.6 Å². The summed E-state index contributed by atoms with van der Waals surface area (Å²) in [7, 11) is 1.89. The Bertz CT molecular complexity index is 1230. The van der Waals surface area contributed by atoms with Gasteiger partial charge in [0.2, 0.25) is 10.0 Å². The van der Waals surface area contributed by atoms with Gasteiger partial charge in [0.05, 0.1) is 21.2 Å². The number of halogens is 1. The molecule has 1 aromatic heterocycles. The molecule has 36 heavy (non-hydrogen) atoms. The second-order valence-corrected chi connectivity index (χ2v) is 12.1. The lowest BCUT2D eigenvalue weighted by Gasteiger charge is -2.22. The summed E-state index contributed by atoms with van der Waals surface area (Å²) in [5.41, 5.74) is 1.28. The highest BCUT2D eigenvalue weighted by Gasteiger charge is 2.27. The topological polar surface area (TPSA) is 83.1 Å². The summed E-state index contributed by atoms with van der Waals surface area (Å²) < 4.78 is 34.0. The maximum atomic E-state index is 13.5. The van der Waals surface area contributed by atoms with Crippen LogP contribution in [-0.4, -0.2) is 82.0 Å². The average molecular weight is 553 g/mol. The van der Waals surface area contributed by atoms with Gasteiger partial charge in [-0.15, -0.1) is 12.4 Å². The molecule has 0 N–H and O–H groups in total. The summed E-state index contributed by atoms with van der Waals surface area (Å²) in [6.45, 7) is 2.35. The van der Waals surface area contributed by atoms with Crippen LogP contribution in [0.5, 0.6) is 0 Å². The number of hydrogen-bond acceptors (Lipinski definition) is 7. The Kier molecular flexibility index (Phi) is 9.85. The smallest absolute Gasteiger partial charge is 0.260 e. The Morgan fingerprint density at radius 2 is 1.81 bits per heavy atom. The SMILES string of the molecule is CN(C)CCCN(C(=O)c1ccc(S(=O)(=O)N(C)CC2CCCO2)cc1)c1nc2ccccc2s1.Cl. The number of sulfonamides is 1. The van der Waals surface area contributed by atoms with Gasteiger partial charge in [0.15, 0.2) is 5.13 Å². The molecule has 0 spiro atoms. The van der Waals surface area contributed by atoms with Crippen molar-refractivity contribution >= 4 is 55.0 Å². The van der Waals surface area contributed by atoms with Gasteiger partial charge in [-0.25, -0.2) is 13.4 Å². The first-order valence-electron chi connectivity index (χ1n) is 11.8. The monoisotopic (exact) mass is 552 g/mol. The van der Waals surface area contributed by atoms with Crippen molar-refractivity contribution in [1.29, 1.82) is 0 Å². The van der Waals surface area contributed by atoms with Gasteiger partial charge in [0.1, 0.15) is 0 Å². The molecule has 1 aliphatic heterocycles. The minimum Gasteiger partial charge on any atom is -0.377 e. The second kappa shape index (κ2) is 12.4. The number of hydrogen-bond donors (Lipinski definition) is 0. The molecule has 0 saturated carbocycles. The van der Waals surface area contributed by atoms with Gasteiger partial charge in [-0.1, -0.05) is 23.5 Å². The molecule has 196 valence electrons. The normalized spacial score (nSPS) is 16.0. The van der Waals surface area contributed by atoms with E-state index in [9.17, 15) is 13.2 Å². The largest absolute Gasteiger partial charge is 0.377 e. The number of anilines is 1. The Labute approximate surface area is 223 Å². The number of benzene rings is 2. The number of thiazole rings is 1. The van der Waals surface area contributed by atoms with Crippen molar-refractivity contribution in [3.05, 3.63) is 54.1 Å². The fraction of sp³-hybridized carbons (Fsp3) is 0.440. The van der Waals surface area contributed by atoms with Gasteiger partial charge in [0.25, 0.3) is 5.91 Å². The molecule has 0 radical (unpaired) electrons.